The van der Waals surface area contributed by atoms with Gasteiger partial charge in [-0.1, -0.05) is 6.92 Å². The van der Waals surface area contributed by atoms with Crippen LogP contribution in [-0.4, -0.2) is 11.0 Å². The number of hydrazine groups is 1. The van der Waals surface area contributed by atoms with Crippen molar-refractivity contribution in [1.82, 2.24) is 10.4 Å². The number of pyridine rings is 1. The van der Waals surface area contributed by atoms with E-state index in [9.17, 15) is 0 Å². The number of nitrogens with zero attached hydrogens (tertiary/aromatic N) is 1. The van der Waals surface area contributed by atoms with Gasteiger partial charge in [0.25, 0.3) is 0 Å². The van der Waals surface area contributed by atoms with Crippen molar-refractivity contribution >= 4 is 0 Å². The van der Waals surface area contributed by atoms with Crippen LogP contribution in [0.2, 0.25) is 0 Å². The molecular formula is C11H17N3. The van der Waals surface area contributed by atoms with Crippen molar-refractivity contribution in [1.29, 1.82) is 0 Å². The molecule has 1 aliphatic carbocycles. The third-order valence-electron chi connectivity index (χ3n) is 3.11. The summed E-state index contributed by atoms with van der Waals surface area (Å²) in [6.07, 6.45) is 5.98. The molecule has 0 aromatic carbocycles. The lowest BCUT2D eigenvalue weighted by molar-refractivity contribution is 0.454. The maximum atomic E-state index is 5.56. The van der Waals surface area contributed by atoms with E-state index in [1.807, 2.05) is 12.4 Å². The maximum Gasteiger partial charge on any atom is 0.0281 e. The summed E-state index contributed by atoms with van der Waals surface area (Å²) in [6, 6.07) is 4.53. The predicted octanol–water partition coefficient (Wildman–Crippen LogP) is 1.11. The zero-order valence-corrected chi connectivity index (χ0v) is 8.48. The highest BCUT2D eigenvalue weighted by Crippen LogP contribution is 2.41. The summed E-state index contributed by atoms with van der Waals surface area (Å²) < 4.78 is 0. The van der Waals surface area contributed by atoms with Gasteiger partial charge in [-0.2, -0.15) is 0 Å². The standard InChI is InChI=1S/C11H17N3/c1-8-6-10(8)11(14-12)7-9-2-4-13-5-3-9/h2-5,8,10-11,14H,6-7,12H2,1H3. The van der Waals surface area contributed by atoms with E-state index < -0.39 is 0 Å². The number of aromatic nitrogens is 1. The number of rotatable bonds is 4. The number of hydrogen-bond acceptors (Lipinski definition) is 3. The smallest absolute Gasteiger partial charge is 0.0281 e. The quantitative estimate of drug-likeness (QED) is 0.553. The van der Waals surface area contributed by atoms with Crippen molar-refractivity contribution in [2.24, 2.45) is 17.7 Å². The second kappa shape index (κ2) is 4.07. The van der Waals surface area contributed by atoms with E-state index >= 15 is 0 Å². The first-order chi connectivity index (χ1) is 6.81. The van der Waals surface area contributed by atoms with Crippen LogP contribution in [0.5, 0.6) is 0 Å². The van der Waals surface area contributed by atoms with Gasteiger partial charge in [-0.25, -0.2) is 0 Å². The van der Waals surface area contributed by atoms with Gasteiger partial charge in [-0.15, -0.1) is 0 Å². The minimum atomic E-state index is 0.424. The lowest BCUT2D eigenvalue weighted by atomic mass is 10.0. The van der Waals surface area contributed by atoms with Crippen molar-refractivity contribution in [3.8, 4) is 0 Å². The highest BCUT2D eigenvalue weighted by atomic mass is 15.2. The number of nitrogens with two attached hydrogens (primary N) is 1. The molecule has 3 unspecified atom stereocenters. The Bertz CT molecular complexity index is 286. The van der Waals surface area contributed by atoms with Gasteiger partial charge < -0.3 is 0 Å². The van der Waals surface area contributed by atoms with Gasteiger partial charge >= 0.3 is 0 Å². The second-order valence-electron chi connectivity index (χ2n) is 4.21. The van der Waals surface area contributed by atoms with Crippen LogP contribution >= 0.6 is 0 Å². The van der Waals surface area contributed by atoms with Crippen LogP contribution in [0.3, 0.4) is 0 Å². The molecule has 3 atom stereocenters. The molecule has 76 valence electrons. The topological polar surface area (TPSA) is 50.9 Å². The van der Waals surface area contributed by atoms with Gasteiger partial charge in [0.1, 0.15) is 0 Å². The summed E-state index contributed by atoms with van der Waals surface area (Å²) >= 11 is 0. The molecule has 3 N–H and O–H groups in total. The summed E-state index contributed by atoms with van der Waals surface area (Å²) in [5.41, 5.74) is 4.23. The van der Waals surface area contributed by atoms with Gasteiger partial charge in [0, 0.05) is 18.4 Å². The molecule has 0 spiro atoms. The van der Waals surface area contributed by atoms with Crippen LogP contribution in [0, 0.1) is 11.8 Å². The molecule has 1 aromatic heterocycles. The molecule has 0 bridgehead atoms. The van der Waals surface area contributed by atoms with Crippen LogP contribution in [0.1, 0.15) is 18.9 Å². The lowest BCUT2D eigenvalue weighted by Gasteiger charge is -2.15. The third-order valence-corrected chi connectivity index (χ3v) is 3.11. The molecule has 0 saturated heterocycles. The zero-order chi connectivity index (χ0) is 9.97. The zero-order valence-electron chi connectivity index (χ0n) is 8.48. The van der Waals surface area contributed by atoms with E-state index in [1.165, 1.54) is 12.0 Å². The summed E-state index contributed by atoms with van der Waals surface area (Å²) in [6.45, 7) is 2.28. The third kappa shape index (κ3) is 2.11. The van der Waals surface area contributed by atoms with Crippen LogP contribution in [0.4, 0.5) is 0 Å². The summed E-state index contributed by atoms with van der Waals surface area (Å²) in [5.74, 6) is 7.15. The van der Waals surface area contributed by atoms with Gasteiger partial charge in [-0.05, 0) is 42.4 Å². The van der Waals surface area contributed by atoms with Crippen molar-refractivity contribution in [2.45, 2.75) is 25.8 Å². The molecule has 1 saturated carbocycles. The van der Waals surface area contributed by atoms with Crippen molar-refractivity contribution in [3.63, 3.8) is 0 Å². The molecule has 1 heterocycles. The van der Waals surface area contributed by atoms with Crippen molar-refractivity contribution < 1.29 is 0 Å². The van der Waals surface area contributed by atoms with E-state index in [1.54, 1.807) is 0 Å². The molecule has 1 aliphatic rings. The Hall–Kier alpha value is -0.930. The predicted molar refractivity (Wildman–Crippen MR) is 56.3 cm³/mol. The molecule has 3 heteroatoms. The monoisotopic (exact) mass is 191 g/mol. The largest absolute Gasteiger partial charge is 0.271 e. The molecule has 0 radical (unpaired) electrons. The minimum Gasteiger partial charge on any atom is -0.271 e. The molecule has 1 aromatic rings. The van der Waals surface area contributed by atoms with Gasteiger partial charge in [0.15, 0.2) is 0 Å². The van der Waals surface area contributed by atoms with E-state index in [2.05, 4.69) is 29.5 Å². The fourth-order valence-corrected chi connectivity index (χ4v) is 2.02. The summed E-state index contributed by atoms with van der Waals surface area (Å²) in [7, 11) is 0. The molecular weight excluding hydrogens is 174 g/mol. The molecule has 0 aliphatic heterocycles. The van der Waals surface area contributed by atoms with Gasteiger partial charge in [-0.3, -0.25) is 16.3 Å². The van der Waals surface area contributed by atoms with E-state index in [-0.39, 0.29) is 0 Å². The Balaban J connectivity index is 1.95. The van der Waals surface area contributed by atoms with Gasteiger partial charge in [0.2, 0.25) is 0 Å². The molecule has 14 heavy (non-hydrogen) atoms. The fraction of sp³-hybridized carbons (Fsp3) is 0.545. The Morgan fingerprint density at radius 3 is 2.71 bits per heavy atom. The normalized spacial score (nSPS) is 27.3. The SMILES string of the molecule is CC1CC1C(Cc1ccncc1)NN. The molecule has 0 amide bonds. The Kier molecular flexibility index (Phi) is 2.79. The van der Waals surface area contributed by atoms with E-state index in [0.717, 1.165) is 18.3 Å². The Labute approximate surface area is 84.7 Å². The minimum absolute atomic E-state index is 0.424. The second-order valence-corrected chi connectivity index (χ2v) is 4.21. The van der Waals surface area contributed by atoms with Gasteiger partial charge in [0.05, 0.1) is 0 Å². The molecule has 2 rings (SSSR count). The van der Waals surface area contributed by atoms with Crippen LogP contribution < -0.4 is 11.3 Å². The highest BCUT2D eigenvalue weighted by Gasteiger charge is 2.38. The van der Waals surface area contributed by atoms with Crippen LogP contribution in [0.25, 0.3) is 0 Å². The molecule has 3 nitrogen and oxygen atoms in total. The van der Waals surface area contributed by atoms with Crippen LogP contribution in [-0.2, 0) is 6.42 Å². The summed E-state index contributed by atoms with van der Waals surface area (Å²) in [4.78, 5) is 4.00. The number of hydrogen-bond donors (Lipinski definition) is 2. The van der Waals surface area contributed by atoms with E-state index in [0.29, 0.717) is 6.04 Å². The van der Waals surface area contributed by atoms with Crippen LogP contribution in [0.15, 0.2) is 24.5 Å². The lowest BCUT2D eigenvalue weighted by Crippen LogP contribution is -2.38. The first kappa shape index (κ1) is 9.62. The maximum absolute atomic E-state index is 5.56. The summed E-state index contributed by atoms with van der Waals surface area (Å²) in [5, 5.41) is 0. The fourth-order valence-electron chi connectivity index (χ4n) is 2.02. The van der Waals surface area contributed by atoms with Crippen molar-refractivity contribution in [3.05, 3.63) is 30.1 Å². The average molecular weight is 191 g/mol. The Morgan fingerprint density at radius 2 is 2.21 bits per heavy atom. The Morgan fingerprint density at radius 1 is 1.57 bits per heavy atom. The molecule has 1 fully saturated rings. The first-order valence-corrected chi connectivity index (χ1v) is 5.16. The van der Waals surface area contributed by atoms with Crippen molar-refractivity contribution in [2.75, 3.05) is 0 Å². The van der Waals surface area contributed by atoms with E-state index in [4.69, 9.17) is 5.84 Å². The average Bonchev–Trinajstić information content (AvgIpc) is 2.93. The number of nitrogens with one attached hydrogen (secondary N) is 1. The highest BCUT2D eigenvalue weighted by molar-refractivity contribution is 5.12. The first-order valence-electron chi connectivity index (χ1n) is 5.16.